The van der Waals surface area contributed by atoms with E-state index in [9.17, 15) is 0 Å². The van der Waals surface area contributed by atoms with Crippen LogP contribution in [-0.2, 0) is 11.2 Å². The molecule has 1 atom stereocenters. The number of benzene rings is 1. The van der Waals surface area contributed by atoms with Crippen LogP contribution in [0.4, 0.5) is 0 Å². The summed E-state index contributed by atoms with van der Waals surface area (Å²) < 4.78 is 11.7. The van der Waals surface area contributed by atoms with Gasteiger partial charge < -0.3 is 14.8 Å². The van der Waals surface area contributed by atoms with Gasteiger partial charge in [0.05, 0.1) is 18.2 Å². The molecule has 19 heavy (non-hydrogen) atoms. The Morgan fingerprint density at radius 1 is 1.37 bits per heavy atom. The first kappa shape index (κ1) is 14.4. The van der Waals surface area contributed by atoms with E-state index in [-0.39, 0.29) is 11.6 Å². The van der Waals surface area contributed by atoms with E-state index < -0.39 is 0 Å². The van der Waals surface area contributed by atoms with E-state index in [4.69, 9.17) is 9.47 Å². The predicted molar refractivity (Wildman–Crippen MR) is 77.8 cm³/mol. The molecule has 1 heterocycles. The maximum atomic E-state index is 5.89. The monoisotopic (exact) mass is 263 g/mol. The zero-order valence-electron chi connectivity index (χ0n) is 12.5. The van der Waals surface area contributed by atoms with Gasteiger partial charge in [-0.05, 0) is 25.5 Å². The molecule has 1 unspecified atom stereocenters. The van der Waals surface area contributed by atoms with Crippen LogP contribution < -0.4 is 10.1 Å². The smallest absolute Gasteiger partial charge is 0.127 e. The van der Waals surface area contributed by atoms with E-state index >= 15 is 0 Å². The molecule has 2 rings (SSSR count). The molecule has 1 N–H and O–H groups in total. The SMILES string of the molecule is CCC(CC)(OC)C(NC)c1cccc2c1OCC2. The van der Waals surface area contributed by atoms with Crippen LogP contribution in [0.15, 0.2) is 18.2 Å². The lowest BCUT2D eigenvalue weighted by Crippen LogP contribution is -2.43. The molecule has 0 aromatic heterocycles. The zero-order chi connectivity index (χ0) is 13.9. The Morgan fingerprint density at radius 3 is 2.68 bits per heavy atom. The molecule has 106 valence electrons. The highest BCUT2D eigenvalue weighted by molar-refractivity contribution is 5.46. The number of likely N-dealkylation sites (N-methyl/N-ethyl adjacent to an activating group) is 1. The molecule has 0 bridgehead atoms. The summed E-state index contributed by atoms with van der Waals surface area (Å²) in [6, 6.07) is 6.59. The molecule has 1 aliphatic heterocycles. The van der Waals surface area contributed by atoms with Gasteiger partial charge >= 0.3 is 0 Å². The Morgan fingerprint density at radius 2 is 2.11 bits per heavy atom. The van der Waals surface area contributed by atoms with E-state index in [1.54, 1.807) is 7.11 Å². The molecule has 0 amide bonds. The summed E-state index contributed by atoms with van der Waals surface area (Å²) in [5.41, 5.74) is 2.36. The van der Waals surface area contributed by atoms with Crippen molar-refractivity contribution >= 4 is 0 Å². The van der Waals surface area contributed by atoms with Gasteiger partial charge in [0, 0.05) is 19.1 Å². The van der Waals surface area contributed by atoms with Crippen LogP contribution in [0.3, 0.4) is 0 Å². The summed E-state index contributed by atoms with van der Waals surface area (Å²) in [5, 5.41) is 3.44. The fourth-order valence-corrected chi connectivity index (χ4v) is 3.23. The summed E-state index contributed by atoms with van der Waals surface area (Å²) in [6.45, 7) is 5.16. The topological polar surface area (TPSA) is 30.5 Å². The second-order valence-corrected chi connectivity index (χ2v) is 5.13. The largest absolute Gasteiger partial charge is 0.493 e. The van der Waals surface area contributed by atoms with Gasteiger partial charge in [0.25, 0.3) is 0 Å². The standard InChI is InChI=1S/C16H25NO2/c1-5-16(6-2,18-4)15(17-3)13-9-7-8-12-10-11-19-14(12)13/h7-9,15,17H,5-6,10-11H2,1-4H3. The third-order valence-electron chi connectivity index (χ3n) is 4.47. The molecule has 0 spiro atoms. The predicted octanol–water partition coefficient (Wildman–Crippen LogP) is 3.09. The quantitative estimate of drug-likeness (QED) is 0.855. The van der Waals surface area contributed by atoms with Gasteiger partial charge in [0.1, 0.15) is 5.75 Å². The molecule has 3 heteroatoms. The maximum absolute atomic E-state index is 5.89. The Labute approximate surface area is 116 Å². The van der Waals surface area contributed by atoms with Gasteiger partial charge in [-0.25, -0.2) is 0 Å². The molecule has 0 saturated heterocycles. The molecule has 1 aromatic carbocycles. The minimum atomic E-state index is -0.185. The van der Waals surface area contributed by atoms with E-state index in [2.05, 4.69) is 37.4 Å². The van der Waals surface area contributed by atoms with Gasteiger partial charge in [0.2, 0.25) is 0 Å². The zero-order valence-corrected chi connectivity index (χ0v) is 12.5. The highest BCUT2D eigenvalue weighted by atomic mass is 16.5. The first-order valence-corrected chi connectivity index (χ1v) is 7.19. The van der Waals surface area contributed by atoms with Crippen molar-refractivity contribution in [3.63, 3.8) is 0 Å². The molecule has 1 aliphatic rings. The second-order valence-electron chi connectivity index (χ2n) is 5.13. The number of nitrogens with one attached hydrogen (secondary N) is 1. The van der Waals surface area contributed by atoms with Crippen molar-refractivity contribution in [2.24, 2.45) is 0 Å². The fraction of sp³-hybridized carbons (Fsp3) is 0.625. The van der Waals surface area contributed by atoms with Crippen molar-refractivity contribution in [3.8, 4) is 5.75 Å². The van der Waals surface area contributed by atoms with Crippen molar-refractivity contribution in [1.29, 1.82) is 0 Å². The maximum Gasteiger partial charge on any atom is 0.127 e. The molecule has 0 radical (unpaired) electrons. The van der Waals surface area contributed by atoms with Crippen LogP contribution in [0.1, 0.15) is 43.9 Å². The third kappa shape index (κ3) is 2.37. The van der Waals surface area contributed by atoms with Crippen molar-refractivity contribution in [3.05, 3.63) is 29.3 Å². The Kier molecular flexibility index (Phi) is 4.48. The summed E-state index contributed by atoms with van der Waals surface area (Å²) in [7, 11) is 3.81. The van der Waals surface area contributed by atoms with Crippen molar-refractivity contribution in [1.82, 2.24) is 5.32 Å². The molecular weight excluding hydrogens is 238 g/mol. The normalized spacial score (nSPS) is 16.0. The molecule has 0 fully saturated rings. The van der Waals surface area contributed by atoms with Crippen LogP contribution in [0.5, 0.6) is 5.75 Å². The van der Waals surface area contributed by atoms with Crippen molar-refractivity contribution in [2.45, 2.75) is 44.8 Å². The number of methoxy groups -OCH3 is 1. The lowest BCUT2D eigenvalue weighted by atomic mass is 9.83. The summed E-state index contributed by atoms with van der Waals surface area (Å²) in [4.78, 5) is 0. The van der Waals surface area contributed by atoms with Crippen LogP contribution in [-0.4, -0.2) is 26.4 Å². The van der Waals surface area contributed by atoms with Crippen LogP contribution in [0, 0.1) is 0 Å². The van der Waals surface area contributed by atoms with Gasteiger partial charge in [-0.1, -0.05) is 32.0 Å². The first-order valence-electron chi connectivity index (χ1n) is 7.19. The van der Waals surface area contributed by atoms with Crippen molar-refractivity contribution in [2.75, 3.05) is 20.8 Å². The highest BCUT2D eigenvalue weighted by Crippen LogP contribution is 2.41. The summed E-state index contributed by atoms with van der Waals surface area (Å²) >= 11 is 0. The number of para-hydroxylation sites is 1. The van der Waals surface area contributed by atoms with E-state index in [0.717, 1.165) is 31.6 Å². The second kappa shape index (κ2) is 5.93. The molecular formula is C16H25NO2. The Bertz CT molecular complexity index is 418. The lowest BCUT2D eigenvalue weighted by Gasteiger charge is -2.39. The van der Waals surface area contributed by atoms with Gasteiger partial charge in [-0.2, -0.15) is 0 Å². The van der Waals surface area contributed by atoms with Gasteiger partial charge in [0.15, 0.2) is 0 Å². The number of hydrogen-bond acceptors (Lipinski definition) is 3. The van der Waals surface area contributed by atoms with Crippen LogP contribution >= 0.6 is 0 Å². The minimum Gasteiger partial charge on any atom is -0.493 e. The number of fused-ring (bicyclic) bond motifs is 1. The molecule has 0 aliphatic carbocycles. The fourth-order valence-electron chi connectivity index (χ4n) is 3.23. The van der Waals surface area contributed by atoms with E-state index in [0.29, 0.717) is 0 Å². The molecule has 1 aromatic rings. The Hall–Kier alpha value is -1.06. The average molecular weight is 263 g/mol. The van der Waals surface area contributed by atoms with Crippen molar-refractivity contribution < 1.29 is 9.47 Å². The van der Waals surface area contributed by atoms with Gasteiger partial charge in [-0.15, -0.1) is 0 Å². The number of rotatable bonds is 6. The van der Waals surface area contributed by atoms with Crippen LogP contribution in [0.25, 0.3) is 0 Å². The summed E-state index contributed by atoms with van der Waals surface area (Å²) in [5.74, 6) is 1.06. The first-order chi connectivity index (χ1) is 9.22. The molecule has 0 saturated carbocycles. The van der Waals surface area contributed by atoms with E-state index in [1.165, 1.54) is 11.1 Å². The summed E-state index contributed by atoms with van der Waals surface area (Å²) in [6.07, 6.45) is 2.95. The Balaban J connectivity index is 2.45. The number of hydrogen-bond donors (Lipinski definition) is 1. The average Bonchev–Trinajstić information content (AvgIpc) is 2.93. The third-order valence-corrected chi connectivity index (χ3v) is 4.47. The minimum absolute atomic E-state index is 0.153. The molecule has 3 nitrogen and oxygen atoms in total. The highest BCUT2D eigenvalue weighted by Gasteiger charge is 2.38. The van der Waals surface area contributed by atoms with Gasteiger partial charge in [-0.3, -0.25) is 0 Å². The lowest BCUT2D eigenvalue weighted by molar-refractivity contribution is -0.0472. The number of ether oxygens (including phenoxy) is 2. The van der Waals surface area contributed by atoms with Crippen LogP contribution in [0.2, 0.25) is 0 Å². The van der Waals surface area contributed by atoms with E-state index in [1.807, 2.05) is 7.05 Å².